The van der Waals surface area contributed by atoms with Crippen molar-refractivity contribution >= 4 is 20.1 Å². The van der Waals surface area contributed by atoms with Crippen LogP contribution in [-0.2, 0) is 30.5 Å². The highest BCUT2D eigenvalue weighted by Crippen LogP contribution is 2.30. The number of hydrogen-bond donors (Lipinski definition) is 0. The lowest BCUT2D eigenvalue weighted by Crippen LogP contribution is -2.38. The third kappa shape index (κ3) is 6.48. The molecule has 156 valence electrons. The standard InChI is InChI=1S/C17H20F3NO5S2/c1-27(22,23)26-13-3-2-4-14-9-11-21(12-10-14)28(24,25)16-7-5-15(6-8-16)17(18,19)20/h5-8,14H,3,9-13H2,1H3. The Bertz CT molecular complexity index is 937. The van der Waals surface area contributed by atoms with Crippen molar-refractivity contribution in [3.63, 3.8) is 0 Å². The fourth-order valence-corrected chi connectivity index (χ4v) is 4.52. The van der Waals surface area contributed by atoms with Crippen LogP contribution in [0, 0.1) is 17.8 Å². The van der Waals surface area contributed by atoms with E-state index in [1.54, 1.807) is 0 Å². The van der Waals surface area contributed by atoms with Crippen LogP contribution in [-0.4, -0.2) is 47.1 Å². The molecule has 1 aliphatic rings. The summed E-state index contributed by atoms with van der Waals surface area (Å²) in [6.07, 6.45) is -2.35. The molecule has 1 aromatic carbocycles. The van der Waals surface area contributed by atoms with Crippen molar-refractivity contribution in [2.75, 3.05) is 26.0 Å². The molecular weight excluding hydrogens is 419 g/mol. The second kappa shape index (κ2) is 8.82. The van der Waals surface area contributed by atoms with Gasteiger partial charge in [0.05, 0.1) is 23.3 Å². The average molecular weight is 439 g/mol. The number of nitrogens with zero attached hydrogens (tertiary/aromatic N) is 1. The zero-order valence-electron chi connectivity index (χ0n) is 15.1. The highest BCUT2D eigenvalue weighted by atomic mass is 32.2. The van der Waals surface area contributed by atoms with Crippen molar-refractivity contribution in [1.82, 2.24) is 4.31 Å². The van der Waals surface area contributed by atoms with Gasteiger partial charge in [-0.15, -0.1) is 5.92 Å². The maximum Gasteiger partial charge on any atom is 0.416 e. The maximum absolute atomic E-state index is 12.6. The van der Waals surface area contributed by atoms with Crippen LogP contribution in [0.1, 0.15) is 24.8 Å². The van der Waals surface area contributed by atoms with Crippen molar-refractivity contribution in [2.45, 2.75) is 30.3 Å². The number of alkyl halides is 3. The van der Waals surface area contributed by atoms with Gasteiger partial charge in [0.2, 0.25) is 10.0 Å². The van der Waals surface area contributed by atoms with Crippen molar-refractivity contribution in [3.05, 3.63) is 29.8 Å². The summed E-state index contributed by atoms with van der Waals surface area (Å²) < 4.78 is 90.5. The minimum Gasteiger partial charge on any atom is -0.269 e. The van der Waals surface area contributed by atoms with E-state index in [0.717, 1.165) is 30.5 Å². The molecule has 0 N–H and O–H groups in total. The van der Waals surface area contributed by atoms with E-state index in [9.17, 15) is 30.0 Å². The molecule has 0 atom stereocenters. The summed E-state index contributed by atoms with van der Waals surface area (Å²) >= 11 is 0. The minimum absolute atomic E-state index is 0.0303. The van der Waals surface area contributed by atoms with Crippen molar-refractivity contribution < 1.29 is 34.2 Å². The number of benzene rings is 1. The third-order valence-corrected chi connectivity index (χ3v) is 6.61. The topological polar surface area (TPSA) is 80.8 Å². The number of piperidine rings is 1. The zero-order chi connectivity index (χ0) is 21.0. The van der Waals surface area contributed by atoms with Crippen LogP contribution in [0.3, 0.4) is 0 Å². The largest absolute Gasteiger partial charge is 0.416 e. The first kappa shape index (κ1) is 22.7. The molecule has 0 spiro atoms. The Morgan fingerprint density at radius 1 is 1.11 bits per heavy atom. The SMILES string of the molecule is CS(=O)(=O)OCCC#CC1CCN(S(=O)(=O)c2ccc(C(F)(F)F)cc2)CC1. The second-order valence-electron chi connectivity index (χ2n) is 6.30. The van der Waals surface area contributed by atoms with Crippen LogP contribution in [0.15, 0.2) is 29.2 Å². The lowest BCUT2D eigenvalue weighted by atomic mass is 9.99. The molecule has 0 saturated carbocycles. The monoisotopic (exact) mass is 439 g/mol. The first-order chi connectivity index (χ1) is 12.9. The summed E-state index contributed by atoms with van der Waals surface area (Å²) in [4.78, 5) is -0.178. The van der Waals surface area contributed by atoms with E-state index in [-0.39, 0.29) is 36.9 Å². The number of halogens is 3. The molecule has 1 fully saturated rings. The molecule has 0 aliphatic carbocycles. The van der Waals surface area contributed by atoms with Crippen molar-refractivity contribution in [3.8, 4) is 11.8 Å². The molecule has 1 aliphatic heterocycles. The Hall–Kier alpha value is -1.61. The molecule has 2 rings (SSSR count). The van der Waals surface area contributed by atoms with Gasteiger partial charge in [0, 0.05) is 25.4 Å². The summed E-state index contributed by atoms with van der Waals surface area (Å²) in [6.45, 7) is 0.387. The predicted molar refractivity (Wildman–Crippen MR) is 96.1 cm³/mol. The van der Waals surface area contributed by atoms with Crippen LogP contribution in [0.25, 0.3) is 0 Å². The van der Waals surface area contributed by atoms with Crippen LogP contribution in [0.4, 0.5) is 13.2 Å². The van der Waals surface area contributed by atoms with Crippen LogP contribution in [0.2, 0.25) is 0 Å². The van der Waals surface area contributed by atoms with Gasteiger partial charge in [0.1, 0.15) is 0 Å². The predicted octanol–water partition coefficient (Wildman–Crippen LogP) is 2.48. The normalized spacial score (nSPS) is 17.1. The average Bonchev–Trinajstić information content (AvgIpc) is 2.60. The molecule has 0 amide bonds. The van der Waals surface area contributed by atoms with Crippen LogP contribution < -0.4 is 0 Å². The fraction of sp³-hybridized carbons (Fsp3) is 0.529. The molecule has 11 heteroatoms. The van der Waals surface area contributed by atoms with Gasteiger partial charge in [0.15, 0.2) is 0 Å². The van der Waals surface area contributed by atoms with E-state index < -0.39 is 31.9 Å². The van der Waals surface area contributed by atoms with Crippen LogP contribution >= 0.6 is 0 Å². The van der Waals surface area contributed by atoms with Gasteiger partial charge in [-0.1, -0.05) is 5.92 Å². The van der Waals surface area contributed by atoms with Gasteiger partial charge < -0.3 is 0 Å². The molecule has 6 nitrogen and oxygen atoms in total. The summed E-state index contributed by atoms with van der Waals surface area (Å²) in [5.74, 6) is 5.76. The van der Waals surface area contributed by atoms with Gasteiger partial charge in [-0.05, 0) is 37.1 Å². The molecular formula is C17H20F3NO5S2. The summed E-state index contributed by atoms with van der Waals surface area (Å²) in [5.41, 5.74) is -0.903. The van der Waals surface area contributed by atoms with Crippen molar-refractivity contribution in [1.29, 1.82) is 0 Å². The van der Waals surface area contributed by atoms with Crippen molar-refractivity contribution in [2.24, 2.45) is 5.92 Å². The summed E-state index contributed by atoms with van der Waals surface area (Å²) in [6, 6.07) is 3.44. The zero-order valence-corrected chi connectivity index (χ0v) is 16.7. The quantitative estimate of drug-likeness (QED) is 0.400. The van der Waals surface area contributed by atoms with E-state index in [1.165, 1.54) is 4.31 Å². The third-order valence-electron chi connectivity index (χ3n) is 4.10. The summed E-state index contributed by atoms with van der Waals surface area (Å²) in [7, 11) is -7.36. The van der Waals surface area contributed by atoms with E-state index in [2.05, 4.69) is 16.0 Å². The number of sulfonamides is 1. The molecule has 0 bridgehead atoms. The first-order valence-electron chi connectivity index (χ1n) is 8.40. The van der Waals surface area contributed by atoms with Gasteiger partial charge in [-0.2, -0.15) is 25.9 Å². The Labute approximate surface area is 162 Å². The van der Waals surface area contributed by atoms with Crippen LogP contribution in [0.5, 0.6) is 0 Å². The van der Waals surface area contributed by atoms with E-state index in [0.29, 0.717) is 12.8 Å². The molecule has 0 unspecified atom stereocenters. The molecule has 0 aromatic heterocycles. The smallest absolute Gasteiger partial charge is 0.269 e. The van der Waals surface area contributed by atoms with Gasteiger partial charge >= 0.3 is 6.18 Å². The maximum atomic E-state index is 12.6. The first-order valence-corrected chi connectivity index (χ1v) is 11.7. The van der Waals surface area contributed by atoms with Gasteiger partial charge in [-0.25, -0.2) is 8.42 Å². The summed E-state index contributed by atoms with van der Waals surface area (Å²) in [5, 5.41) is 0. The van der Waals surface area contributed by atoms with Gasteiger partial charge in [-0.3, -0.25) is 4.18 Å². The lowest BCUT2D eigenvalue weighted by molar-refractivity contribution is -0.137. The fourth-order valence-electron chi connectivity index (χ4n) is 2.67. The highest BCUT2D eigenvalue weighted by molar-refractivity contribution is 7.89. The van der Waals surface area contributed by atoms with E-state index in [4.69, 9.17) is 0 Å². The number of rotatable bonds is 5. The van der Waals surface area contributed by atoms with E-state index >= 15 is 0 Å². The lowest BCUT2D eigenvalue weighted by Gasteiger charge is -2.29. The minimum atomic E-state index is -4.52. The number of hydrogen-bond acceptors (Lipinski definition) is 5. The Morgan fingerprint density at radius 3 is 2.18 bits per heavy atom. The Kier molecular flexibility index (Phi) is 7.14. The molecule has 1 saturated heterocycles. The molecule has 28 heavy (non-hydrogen) atoms. The second-order valence-corrected chi connectivity index (χ2v) is 9.88. The Balaban J connectivity index is 1.91. The molecule has 1 aromatic rings. The Morgan fingerprint density at radius 2 is 1.68 bits per heavy atom. The van der Waals surface area contributed by atoms with Gasteiger partial charge in [0.25, 0.3) is 10.1 Å². The van der Waals surface area contributed by atoms with E-state index in [1.807, 2.05) is 0 Å². The molecule has 0 radical (unpaired) electrons. The highest BCUT2D eigenvalue weighted by Gasteiger charge is 2.32. The molecule has 1 heterocycles.